The summed E-state index contributed by atoms with van der Waals surface area (Å²) in [7, 11) is 0. The Morgan fingerprint density at radius 1 is 0.484 bits per heavy atom. The molecule has 0 saturated carbocycles. The molecule has 1 aliphatic rings. The van der Waals surface area contributed by atoms with Crippen LogP contribution in [0.25, 0.3) is 0 Å². The van der Waals surface area contributed by atoms with Gasteiger partial charge < -0.3 is 4.74 Å². The Balaban J connectivity index is 0.00000111. The number of hydrogen-bond donors (Lipinski definition) is 4. The summed E-state index contributed by atoms with van der Waals surface area (Å²) in [6.45, 7) is 29.1. The molecule has 7 heteroatoms. The van der Waals surface area contributed by atoms with Gasteiger partial charge in [0.1, 0.15) is 0 Å². The predicted octanol–water partition coefficient (Wildman–Crippen LogP) is 12.8. The van der Waals surface area contributed by atoms with E-state index >= 15 is 0 Å². The number of phenols is 2. The van der Waals surface area contributed by atoms with Crippen molar-refractivity contribution in [1.29, 1.82) is 0 Å². The molecular weight excluding hydrogens is 808 g/mol. The fourth-order valence-corrected chi connectivity index (χ4v) is 9.46. The zero-order valence-corrected chi connectivity index (χ0v) is 40.9. The van der Waals surface area contributed by atoms with E-state index in [4.69, 9.17) is 9.47 Å². The van der Waals surface area contributed by atoms with E-state index in [1.54, 1.807) is 0 Å². The van der Waals surface area contributed by atoms with Crippen molar-refractivity contribution < 1.29 is 34.0 Å². The normalized spacial score (nSPS) is 14.2. The van der Waals surface area contributed by atoms with Crippen LogP contribution in [0.3, 0.4) is 0 Å². The maximum atomic E-state index is 11.8. The van der Waals surface area contributed by atoms with E-state index in [2.05, 4.69) is 189 Å². The number of phenolic OH excluding ortho intramolecular Hbond substituents is 2. The van der Waals surface area contributed by atoms with Crippen LogP contribution in [0.4, 0.5) is 0 Å². The molecule has 0 atom stereocenters. The average Bonchev–Trinajstić information content (AvgIpc) is 3.23. The molecule has 6 rings (SSSR count). The molecule has 0 amide bonds. The molecule has 336 valence electrons. The summed E-state index contributed by atoms with van der Waals surface area (Å²) in [4.78, 5) is 0. The van der Waals surface area contributed by atoms with Gasteiger partial charge in [0, 0.05) is 13.2 Å². The summed E-state index contributed by atoms with van der Waals surface area (Å²) < 4.78 is 20.2. The van der Waals surface area contributed by atoms with Gasteiger partial charge >= 0.3 is 344 Å². The Hall–Kier alpha value is -3.94. The molecule has 0 unspecified atom stereocenters. The van der Waals surface area contributed by atoms with E-state index < -0.39 is 19.9 Å². The van der Waals surface area contributed by atoms with Gasteiger partial charge in [0.25, 0.3) is 0 Å². The first-order valence-electron chi connectivity index (χ1n) is 22.4. The van der Waals surface area contributed by atoms with Crippen molar-refractivity contribution >= 4 is 0 Å². The molecule has 0 spiro atoms. The van der Waals surface area contributed by atoms with Gasteiger partial charge in [-0.15, -0.1) is 0 Å². The van der Waals surface area contributed by atoms with Crippen molar-refractivity contribution in [2.75, 3.05) is 18.7 Å². The molecule has 0 aliphatic carbocycles. The van der Waals surface area contributed by atoms with Crippen molar-refractivity contribution in [3.05, 3.63) is 165 Å². The van der Waals surface area contributed by atoms with Gasteiger partial charge in [0.2, 0.25) is 0 Å². The van der Waals surface area contributed by atoms with Gasteiger partial charge in [-0.1, -0.05) is 0 Å². The van der Waals surface area contributed by atoms with E-state index in [0.717, 1.165) is 52.2 Å². The van der Waals surface area contributed by atoms with E-state index in [1.165, 1.54) is 30.4 Å². The van der Waals surface area contributed by atoms with Gasteiger partial charge in [0.15, 0.2) is 0 Å². The Kier molecular flexibility index (Phi) is 16.4. The van der Waals surface area contributed by atoms with Gasteiger partial charge in [-0.05, 0) is 19.3 Å². The molecule has 0 bridgehead atoms. The number of aromatic hydroxyl groups is 2. The first-order valence-corrected chi connectivity index (χ1v) is 24.4. The van der Waals surface area contributed by atoms with Gasteiger partial charge in [-0.2, -0.15) is 0 Å². The SMILES string of the molecule is C1CCOCC1.CC(C)(C)c1cc(C[NH][Mn]([CH2]OC(c2ccccc2)(c2ccccc2)c2ccccc2)[NH]Cc2cc(C(C)(C)C)cc(C(C)(C)C)c2O)c(O)c(C(C)(C)C)c1. The van der Waals surface area contributed by atoms with Crippen LogP contribution in [-0.2, 0) is 64.2 Å². The first-order chi connectivity index (χ1) is 29.1. The summed E-state index contributed by atoms with van der Waals surface area (Å²) in [5.74, 6) is 0.663. The van der Waals surface area contributed by atoms with Crippen molar-refractivity contribution in [3.8, 4) is 11.5 Å². The van der Waals surface area contributed by atoms with Crippen LogP contribution in [0.1, 0.15) is 152 Å². The van der Waals surface area contributed by atoms with Crippen LogP contribution in [0.2, 0.25) is 0 Å². The number of rotatable bonds is 12. The topological polar surface area (TPSA) is 83.0 Å². The number of ether oxygens (including phenoxy) is 2. The molecule has 0 radical (unpaired) electrons. The molecule has 5 aromatic rings. The van der Waals surface area contributed by atoms with Crippen LogP contribution >= 0.6 is 0 Å². The molecule has 1 aliphatic heterocycles. The fourth-order valence-electron chi connectivity index (χ4n) is 7.69. The standard InChI is InChI=1S/C20H17O.2C15H24NO.C5H10O.Mn/c1-21-20(17-11-5-2-6-12-17,18-13-7-3-8-14-18)19-15-9-4-10-16-19;2*1-14(2,3)11-7-10(9-16)13(17)12(8-11)15(4,5)6;1-2-4-6-5-3-1;/h2-16H,1H2;2*7-8,16-17H,9H2,1-6H3;1-5H2;/q;2*-1;;+2. The van der Waals surface area contributed by atoms with Crippen LogP contribution < -0.4 is 8.67 Å². The summed E-state index contributed by atoms with van der Waals surface area (Å²) in [6.07, 6.45) is 3.93. The Morgan fingerprint density at radius 3 is 1.11 bits per heavy atom. The summed E-state index contributed by atoms with van der Waals surface area (Å²) in [5.41, 5.74) is 7.87. The monoisotopic (exact) mass is 883 g/mol. The van der Waals surface area contributed by atoms with Gasteiger partial charge in [-0.3, -0.25) is 0 Å². The Morgan fingerprint density at radius 2 is 0.839 bits per heavy atom. The molecule has 62 heavy (non-hydrogen) atoms. The third kappa shape index (κ3) is 12.6. The minimum absolute atomic E-state index is 0.0984. The van der Waals surface area contributed by atoms with Crippen molar-refractivity contribution in [2.24, 2.45) is 0 Å². The van der Waals surface area contributed by atoms with Crippen LogP contribution in [0.5, 0.6) is 11.5 Å². The van der Waals surface area contributed by atoms with Gasteiger partial charge in [-0.25, -0.2) is 0 Å². The molecule has 5 aromatic carbocycles. The molecule has 1 fully saturated rings. The zero-order valence-electron chi connectivity index (χ0n) is 39.7. The first kappa shape index (κ1) is 49.1. The number of benzene rings is 5. The van der Waals surface area contributed by atoms with Gasteiger partial charge in [0.05, 0.1) is 0 Å². The van der Waals surface area contributed by atoms with Crippen molar-refractivity contribution in [3.63, 3.8) is 0 Å². The molecule has 1 heterocycles. The number of nitrogens with one attached hydrogen (secondary N) is 2. The third-order valence-electron chi connectivity index (χ3n) is 11.6. The molecule has 0 aromatic heterocycles. The summed E-state index contributed by atoms with van der Waals surface area (Å²) in [5, 5.41) is 23.6. The minimum atomic E-state index is -1.79. The number of hydrogen-bond acceptors (Lipinski definition) is 6. The van der Waals surface area contributed by atoms with Crippen LogP contribution in [0.15, 0.2) is 115 Å². The quantitative estimate of drug-likeness (QED) is 0.0738. The maximum absolute atomic E-state index is 11.8. The van der Waals surface area contributed by atoms with Crippen LogP contribution in [-0.4, -0.2) is 28.9 Å². The molecular formula is C55H75MnN2O4. The zero-order chi connectivity index (χ0) is 45.3. The average molecular weight is 883 g/mol. The van der Waals surface area contributed by atoms with E-state index in [0.29, 0.717) is 30.1 Å². The van der Waals surface area contributed by atoms with Crippen LogP contribution in [0, 0.1) is 0 Å². The van der Waals surface area contributed by atoms with E-state index in [-0.39, 0.29) is 21.7 Å². The summed E-state index contributed by atoms with van der Waals surface area (Å²) in [6, 6.07) is 40.0. The second-order valence-corrected chi connectivity index (χ2v) is 23.1. The predicted molar refractivity (Wildman–Crippen MR) is 255 cm³/mol. The molecule has 1 saturated heterocycles. The van der Waals surface area contributed by atoms with Crippen molar-refractivity contribution in [2.45, 2.75) is 143 Å². The second-order valence-electron chi connectivity index (χ2n) is 20.8. The molecule has 4 N–H and O–H groups in total. The fraction of sp³-hybridized carbons (Fsp3) is 0.455. The summed E-state index contributed by atoms with van der Waals surface area (Å²) >= 11 is -1.79. The third-order valence-corrected chi connectivity index (χ3v) is 13.5. The second kappa shape index (κ2) is 20.7. The molecule has 6 nitrogen and oxygen atoms in total. The van der Waals surface area contributed by atoms with E-state index in [1.807, 2.05) is 18.2 Å². The van der Waals surface area contributed by atoms with E-state index in [9.17, 15) is 10.2 Å². The Bertz CT molecular complexity index is 1960. The van der Waals surface area contributed by atoms with Crippen molar-refractivity contribution in [1.82, 2.24) is 8.67 Å². The Labute approximate surface area is 379 Å².